The smallest absolute Gasteiger partial charge is 0.233 e. The third-order valence-corrected chi connectivity index (χ3v) is 6.59. The fraction of sp³-hybridized carbons (Fsp3) is 0.333. The molecule has 0 unspecified atom stereocenters. The third kappa shape index (κ3) is 12.0. The van der Waals surface area contributed by atoms with Gasteiger partial charge in [0.05, 0.1) is 40.0 Å². The molecule has 0 radical (unpaired) electrons. The standard InChI is InChI=1S/C33H42N8O4/c1-24-3-5-26(6-4-24)22-36-31-39-32(37-23-27-9-13-29(43-2)14-10-27)41-33(40-31)38-28-11-7-25(8-12-28)21-30(42)35-16-18-45-20-19-44-17-15-34/h3-14H,15-23,34H2,1-2H3,(H,35,42)(H3,36,37,38,39,40,41). The van der Waals surface area contributed by atoms with Crippen molar-refractivity contribution >= 4 is 29.4 Å². The Bertz CT molecular complexity index is 1450. The molecule has 12 heteroatoms. The number of methoxy groups -OCH3 is 1. The molecule has 0 aliphatic carbocycles. The van der Waals surface area contributed by atoms with E-state index < -0.39 is 0 Å². The highest BCUT2D eigenvalue weighted by Crippen LogP contribution is 2.19. The van der Waals surface area contributed by atoms with Crippen LogP contribution in [-0.4, -0.2) is 67.5 Å². The van der Waals surface area contributed by atoms with E-state index in [-0.39, 0.29) is 12.3 Å². The van der Waals surface area contributed by atoms with E-state index in [0.29, 0.717) is 70.5 Å². The first kappa shape index (κ1) is 33.1. The van der Waals surface area contributed by atoms with Crippen LogP contribution in [0.15, 0.2) is 72.8 Å². The zero-order chi connectivity index (χ0) is 31.7. The Morgan fingerprint density at radius 3 is 1.87 bits per heavy atom. The van der Waals surface area contributed by atoms with Crippen molar-refractivity contribution in [3.05, 3.63) is 95.1 Å². The number of carbonyl (C=O) groups excluding carboxylic acids is 1. The normalized spacial score (nSPS) is 10.7. The number of nitrogens with zero attached hydrogens (tertiary/aromatic N) is 3. The Kier molecular flexibility index (Phi) is 13.3. The minimum Gasteiger partial charge on any atom is -0.497 e. The van der Waals surface area contributed by atoms with Crippen LogP contribution in [0.5, 0.6) is 5.75 Å². The lowest BCUT2D eigenvalue weighted by Crippen LogP contribution is -2.29. The first-order chi connectivity index (χ1) is 22.0. The molecular weight excluding hydrogens is 572 g/mol. The van der Waals surface area contributed by atoms with Crippen LogP contribution in [-0.2, 0) is 33.8 Å². The average molecular weight is 615 g/mol. The number of benzene rings is 3. The summed E-state index contributed by atoms with van der Waals surface area (Å²) in [5.41, 5.74) is 10.4. The Morgan fingerprint density at radius 2 is 1.27 bits per heavy atom. The fourth-order valence-electron chi connectivity index (χ4n) is 4.15. The molecule has 0 fully saturated rings. The number of amides is 1. The molecule has 45 heavy (non-hydrogen) atoms. The molecule has 1 amide bonds. The summed E-state index contributed by atoms with van der Waals surface area (Å²) in [7, 11) is 1.64. The van der Waals surface area contributed by atoms with Crippen LogP contribution in [0.4, 0.5) is 23.5 Å². The van der Waals surface area contributed by atoms with Crippen molar-refractivity contribution in [1.82, 2.24) is 20.3 Å². The van der Waals surface area contributed by atoms with E-state index in [1.807, 2.05) is 48.5 Å². The maximum Gasteiger partial charge on any atom is 0.233 e. The number of anilines is 4. The molecule has 1 aromatic heterocycles. The second-order valence-corrected chi connectivity index (χ2v) is 10.2. The first-order valence-electron chi connectivity index (χ1n) is 14.9. The van der Waals surface area contributed by atoms with Gasteiger partial charge in [-0.25, -0.2) is 0 Å². The van der Waals surface area contributed by atoms with E-state index >= 15 is 0 Å². The van der Waals surface area contributed by atoms with Crippen LogP contribution < -0.4 is 31.7 Å². The van der Waals surface area contributed by atoms with Crippen molar-refractivity contribution in [2.45, 2.75) is 26.4 Å². The Morgan fingerprint density at radius 1 is 0.711 bits per heavy atom. The third-order valence-electron chi connectivity index (χ3n) is 6.59. The number of rotatable bonds is 19. The van der Waals surface area contributed by atoms with Gasteiger partial charge in [-0.05, 0) is 47.9 Å². The van der Waals surface area contributed by atoms with Gasteiger partial charge in [0, 0.05) is 31.9 Å². The van der Waals surface area contributed by atoms with Crippen LogP contribution in [0.25, 0.3) is 0 Å². The molecule has 0 aliphatic heterocycles. The maximum absolute atomic E-state index is 12.3. The van der Waals surface area contributed by atoms with Crippen molar-refractivity contribution in [2.75, 3.05) is 62.6 Å². The molecule has 238 valence electrons. The quantitative estimate of drug-likeness (QED) is 0.0979. The van der Waals surface area contributed by atoms with Gasteiger partial charge < -0.3 is 41.2 Å². The second-order valence-electron chi connectivity index (χ2n) is 10.2. The summed E-state index contributed by atoms with van der Waals surface area (Å²) in [6.45, 7) is 5.96. The van der Waals surface area contributed by atoms with Crippen LogP contribution in [0.1, 0.15) is 22.3 Å². The molecule has 1 heterocycles. The molecule has 4 aromatic rings. The van der Waals surface area contributed by atoms with Gasteiger partial charge in [0.15, 0.2) is 0 Å². The topological polar surface area (TPSA) is 158 Å². The lowest BCUT2D eigenvalue weighted by atomic mass is 10.1. The molecule has 12 nitrogen and oxygen atoms in total. The number of nitrogens with one attached hydrogen (secondary N) is 4. The number of carbonyl (C=O) groups is 1. The van der Waals surface area contributed by atoms with Gasteiger partial charge in [-0.15, -0.1) is 0 Å². The average Bonchev–Trinajstić information content (AvgIpc) is 3.06. The number of nitrogens with two attached hydrogens (primary N) is 1. The molecule has 0 saturated heterocycles. The zero-order valence-electron chi connectivity index (χ0n) is 25.8. The molecule has 3 aromatic carbocycles. The summed E-state index contributed by atoms with van der Waals surface area (Å²) >= 11 is 0. The van der Waals surface area contributed by atoms with E-state index in [1.54, 1.807) is 7.11 Å². The predicted octanol–water partition coefficient (Wildman–Crippen LogP) is 3.81. The van der Waals surface area contributed by atoms with Gasteiger partial charge in [0.25, 0.3) is 0 Å². The highest BCUT2D eigenvalue weighted by atomic mass is 16.5. The molecule has 0 bridgehead atoms. The summed E-state index contributed by atoms with van der Waals surface area (Å²) in [6.07, 6.45) is 0.262. The lowest BCUT2D eigenvalue weighted by molar-refractivity contribution is -0.120. The van der Waals surface area contributed by atoms with Gasteiger partial charge in [-0.1, -0.05) is 54.1 Å². The van der Waals surface area contributed by atoms with Crippen LogP contribution in [0, 0.1) is 6.92 Å². The van der Waals surface area contributed by atoms with Crippen molar-refractivity contribution < 1.29 is 19.0 Å². The summed E-state index contributed by atoms with van der Waals surface area (Å²) in [5.74, 6) is 1.96. The number of hydrogen-bond acceptors (Lipinski definition) is 11. The molecule has 6 N–H and O–H groups in total. The summed E-state index contributed by atoms with van der Waals surface area (Å²) in [6, 6.07) is 23.7. The number of aromatic nitrogens is 3. The largest absolute Gasteiger partial charge is 0.497 e. The highest BCUT2D eigenvalue weighted by Gasteiger charge is 2.09. The zero-order valence-corrected chi connectivity index (χ0v) is 25.8. The van der Waals surface area contributed by atoms with Gasteiger partial charge in [0.2, 0.25) is 23.8 Å². The monoisotopic (exact) mass is 614 g/mol. The van der Waals surface area contributed by atoms with Gasteiger partial charge >= 0.3 is 0 Å². The van der Waals surface area contributed by atoms with Crippen molar-refractivity contribution in [2.24, 2.45) is 5.73 Å². The molecule has 0 aliphatic rings. The van der Waals surface area contributed by atoms with Crippen LogP contribution >= 0.6 is 0 Å². The van der Waals surface area contributed by atoms with Crippen molar-refractivity contribution in [1.29, 1.82) is 0 Å². The Balaban J connectivity index is 1.33. The molecule has 0 atom stereocenters. The van der Waals surface area contributed by atoms with Gasteiger partial charge in [-0.2, -0.15) is 15.0 Å². The van der Waals surface area contributed by atoms with E-state index in [0.717, 1.165) is 28.1 Å². The van der Waals surface area contributed by atoms with Crippen LogP contribution in [0.2, 0.25) is 0 Å². The maximum atomic E-state index is 12.3. The minimum atomic E-state index is -0.0759. The highest BCUT2D eigenvalue weighted by molar-refractivity contribution is 5.78. The van der Waals surface area contributed by atoms with Gasteiger partial charge in [-0.3, -0.25) is 4.79 Å². The molecule has 0 spiro atoms. The Labute approximate surface area is 264 Å². The number of ether oxygens (including phenoxy) is 3. The fourth-order valence-corrected chi connectivity index (χ4v) is 4.15. The number of aryl methyl sites for hydroxylation is 1. The van der Waals surface area contributed by atoms with Crippen molar-refractivity contribution in [3.63, 3.8) is 0 Å². The van der Waals surface area contributed by atoms with Crippen LogP contribution in [0.3, 0.4) is 0 Å². The second kappa shape index (κ2) is 18.1. The van der Waals surface area contributed by atoms with E-state index in [4.69, 9.17) is 19.9 Å². The molecule has 4 rings (SSSR count). The molecular formula is C33H42N8O4. The molecule has 0 saturated carbocycles. The van der Waals surface area contributed by atoms with Gasteiger partial charge in [0.1, 0.15) is 5.75 Å². The Hall–Kier alpha value is -4.78. The lowest BCUT2D eigenvalue weighted by Gasteiger charge is -2.12. The van der Waals surface area contributed by atoms with E-state index in [1.165, 1.54) is 5.56 Å². The SMILES string of the molecule is COc1ccc(CNc2nc(NCc3ccc(C)cc3)nc(Nc3ccc(CC(=O)NCCOCCOCCN)cc3)n2)cc1. The summed E-state index contributed by atoms with van der Waals surface area (Å²) in [5, 5.41) is 12.7. The summed E-state index contributed by atoms with van der Waals surface area (Å²) < 4.78 is 15.9. The number of hydrogen-bond donors (Lipinski definition) is 5. The summed E-state index contributed by atoms with van der Waals surface area (Å²) in [4.78, 5) is 26.1. The minimum absolute atomic E-state index is 0.0759. The van der Waals surface area contributed by atoms with E-state index in [2.05, 4.69) is 67.4 Å². The van der Waals surface area contributed by atoms with Crippen molar-refractivity contribution in [3.8, 4) is 5.75 Å². The van der Waals surface area contributed by atoms with E-state index in [9.17, 15) is 4.79 Å². The predicted molar refractivity (Wildman–Crippen MR) is 176 cm³/mol. The first-order valence-corrected chi connectivity index (χ1v) is 14.9.